The molecule has 4 nitrogen and oxygen atoms in total. The average molecular weight is 406 g/mol. The van der Waals surface area contributed by atoms with E-state index in [0.29, 0.717) is 23.5 Å². The van der Waals surface area contributed by atoms with Crippen LogP contribution in [0.4, 0.5) is 0 Å². The second-order valence-electron chi connectivity index (χ2n) is 8.47. The van der Waals surface area contributed by atoms with Crippen molar-refractivity contribution in [2.75, 3.05) is 13.3 Å². The van der Waals surface area contributed by atoms with Gasteiger partial charge in [-0.05, 0) is 60.6 Å². The van der Waals surface area contributed by atoms with Crippen LogP contribution in [0.25, 0.3) is 5.57 Å². The van der Waals surface area contributed by atoms with Crippen molar-refractivity contribution >= 4 is 23.2 Å². The molecule has 5 aliphatic rings. The van der Waals surface area contributed by atoms with Gasteiger partial charge in [0.15, 0.2) is 11.5 Å². The third kappa shape index (κ3) is 2.86. The van der Waals surface area contributed by atoms with Crippen LogP contribution in [-0.2, 0) is 4.79 Å². The smallest absolute Gasteiger partial charge is 0.231 e. The van der Waals surface area contributed by atoms with Crippen molar-refractivity contribution in [1.29, 1.82) is 0 Å². The highest BCUT2D eigenvalue weighted by atomic mass is 32.2. The van der Waals surface area contributed by atoms with Gasteiger partial charge in [-0.1, -0.05) is 30.3 Å². The van der Waals surface area contributed by atoms with E-state index in [9.17, 15) is 4.79 Å². The van der Waals surface area contributed by atoms with Crippen LogP contribution >= 0.6 is 11.8 Å². The van der Waals surface area contributed by atoms with Gasteiger partial charge in [-0.25, -0.2) is 0 Å². The lowest BCUT2D eigenvalue weighted by Gasteiger charge is -2.37. The highest BCUT2D eigenvalue weighted by Gasteiger charge is 2.52. The van der Waals surface area contributed by atoms with Crippen LogP contribution in [0.3, 0.4) is 0 Å². The number of nitrogens with zero attached hydrogens (tertiary/aromatic N) is 1. The lowest BCUT2D eigenvalue weighted by Crippen LogP contribution is -2.44. The molecule has 1 aliphatic carbocycles. The first-order valence-electron chi connectivity index (χ1n) is 10.4. The highest BCUT2D eigenvalue weighted by Crippen LogP contribution is 2.52. The van der Waals surface area contributed by atoms with Crippen LogP contribution in [0, 0.1) is 5.92 Å². The Morgan fingerprint density at radius 1 is 1.07 bits per heavy atom. The van der Waals surface area contributed by atoms with Gasteiger partial charge in [-0.15, -0.1) is 11.8 Å². The fourth-order valence-corrected chi connectivity index (χ4v) is 6.73. The van der Waals surface area contributed by atoms with Gasteiger partial charge in [0.25, 0.3) is 0 Å². The topological polar surface area (TPSA) is 38.8 Å². The summed E-state index contributed by atoms with van der Waals surface area (Å²) in [5.41, 5.74) is 2.35. The summed E-state index contributed by atoms with van der Waals surface area (Å²) < 4.78 is 11.1. The zero-order chi connectivity index (χ0) is 19.4. The molecule has 0 N–H and O–H groups in total. The zero-order valence-electron chi connectivity index (χ0n) is 16.2. The summed E-state index contributed by atoms with van der Waals surface area (Å²) in [6.07, 6.45) is 6.22. The predicted molar refractivity (Wildman–Crippen MR) is 113 cm³/mol. The van der Waals surface area contributed by atoms with Crippen LogP contribution in [-0.4, -0.2) is 34.9 Å². The van der Waals surface area contributed by atoms with E-state index in [1.165, 1.54) is 16.0 Å². The third-order valence-corrected chi connectivity index (χ3v) is 7.96. The number of allylic oxidation sites excluding steroid dienone is 1. The maximum absolute atomic E-state index is 13.2. The SMILES string of the molecule is O=C1C[C@H]2CC[C@@]3(C=C2c2ccc4c(c2)OCO4)CC(Sc2ccccc2)CN13. The number of fused-ring (bicyclic) bond motifs is 3. The van der Waals surface area contributed by atoms with E-state index in [-0.39, 0.29) is 12.3 Å². The van der Waals surface area contributed by atoms with Crippen molar-refractivity contribution in [1.82, 2.24) is 4.90 Å². The molecule has 2 bridgehead atoms. The molecule has 29 heavy (non-hydrogen) atoms. The molecule has 3 atom stereocenters. The van der Waals surface area contributed by atoms with Crippen LogP contribution in [0.1, 0.15) is 31.2 Å². The molecule has 7 rings (SSSR count). The average Bonchev–Trinajstić information content (AvgIpc) is 3.29. The van der Waals surface area contributed by atoms with Gasteiger partial charge in [0.2, 0.25) is 12.7 Å². The number of carbonyl (C=O) groups excluding carboxylic acids is 1. The minimum atomic E-state index is -0.137. The largest absolute Gasteiger partial charge is 0.454 e. The minimum absolute atomic E-state index is 0.137. The molecular weight excluding hydrogens is 382 g/mol. The highest BCUT2D eigenvalue weighted by molar-refractivity contribution is 8.00. The lowest BCUT2D eigenvalue weighted by atomic mass is 9.75. The zero-order valence-corrected chi connectivity index (χ0v) is 17.0. The molecule has 1 amide bonds. The first-order chi connectivity index (χ1) is 14.2. The van der Waals surface area contributed by atoms with Crippen molar-refractivity contribution in [3.63, 3.8) is 0 Å². The van der Waals surface area contributed by atoms with Crippen molar-refractivity contribution < 1.29 is 14.3 Å². The van der Waals surface area contributed by atoms with E-state index in [1.807, 2.05) is 17.8 Å². The fraction of sp³-hybridized carbons (Fsp3) is 0.375. The number of amides is 1. The van der Waals surface area contributed by atoms with Crippen LogP contribution in [0.5, 0.6) is 11.5 Å². The maximum Gasteiger partial charge on any atom is 0.231 e. The van der Waals surface area contributed by atoms with Crippen LogP contribution in [0.2, 0.25) is 0 Å². The van der Waals surface area contributed by atoms with Gasteiger partial charge in [0, 0.05) is 23.1 Å². The minimum Gasteiger partial charge on any atom is -0.454 e. The van der Waals surface area contributed by atoms with Crippen molar-refractivity contribution in [3.8, 4) is 11.5 Å². The van der Waals surface area contributed by atoms with Crippen molar-refractivity contribution in [2.24, 2.45) is 5.92 Å². The first kappa shape index (κ1) is 17.5. The standard InChI is InChI=1S/C24H23NO3S/c26-23-11-17-8-9-24(12-19(14-25(23)24)29-18-4-2-1-3-5-18)13-20(17)16-6-7-21-22(10-16)28-15-27-21/h1-7,10,13,17,19H,8-9,11-12,14-15H2/t17-,19?,24+/m1/s1. The van der Waals surface area contributed by atoms with E-state index in [4.69, 9.17) is 9.47 Å². The number of benzene rings is 2. The summed E-state index contributed by atoms with van der Waals surface area (Å²) in [7, 11) is 0. The number of thioether (sulfide) groups is 1. The molecule has 5 heteroatoms. The molecule has 0 aromatic heterocycles. The van der Waals surface area contributed by atoms with Gasteiger partial charge in [0.1, 0.15) is 0 Å². The van der Waals surface area contributed by atoms with Gasteiger partial charge in [-0.2, -0.15) is 0 Å². The molecule has 2 fully saturated rings. The molecule has 2 aromatic carbocycles. The number of carbonyl (C=O) groups is 1. The monoisotopic (exact) mass is 405 g/mol. The molecule has 1 unspecified atom stereocenters. The lowest BCUT2D eigenvalue weighted by molar-refractivity contribution is -0.133. The summed E-state index contributed by atoms with van der Waals surface area (Å²) in [5.74, 6) is 2.24. The Morgan fingerprint density at radius 3 is 2.83 bits per heavy atom. The molecule has 4 heterocycles. The Hall–Kier alpha value is -2.40. The molecule has 148 valence electrons. The summed E-state index contributed by atoms with van der Waals surface area (Å²) in [4.78, 5) is 16.6. The number of hydrogen-bond acceptors (Lipinski definition) is 4. The molecular formula is C24H23NO3S. The first-order valence-corrected chi connectivity index (χ1v) is 11.2. The Bertz CT molecular complexity index is 1000. The summed E-state index contributed by atoms with van der Waals surface area (Å²) in [6, 6.07) is 16.8. The van der Waals surface area contributed by atoms with Gasteiger partial charge in [0.05, 0.1) is 5.54 Å². The van der Waals surface area contributed by atoms with Crippen molar-refractivity contribution in [3.05, 3.63) is 60.2 Å². The Balaban J connectivity index is 1.35. The van der Waals surface area contributed by atoms with E-state index >= 15 is 0 Å². The molecule has 2 saturated heterocycles. The Morgan fingerprint density at radius 2 is 1.93 bits per heavy atom. The number of ether oxygens (including phenoxy) is 2. The Labute approximate surface area is 174 Å². The fourth-order valence-electron chi connectivity index (χ4n) is 5.44. The van der Waals surface area contributed by atoms with E-state index in [0.717, 1.165) is 37.3 Å². The quantitative estimate of drug-likeness (QED) is 0.739. The van der Waals surface area contributed by atoms with E-state index in [1.54, 1.807) is 0 Å². The second-order valence-corrected chi connectivity index (χ2v) is 9.85. The summed E-state index contributed by atoms with van der Waals surface area (Å²) in [5, 5.41) is 0.435. The van der Waals surface area contributed by atoms with Crippen LogP contribution in [0.15, 0.2) is 59.5 Å². The van der Waals surface area contributed by atoms with Crippen LogP contribution < -0.4 is 9.47 Å². The summed E-state index contributed by atoms with van der Waals surface area (Å²) >= 11 is 1.91. The van der Waals surface area contributed by atoms with E-state index < -0.39 is 0 Å². The summed E-state index contributed by atoms with van der Waals surface area (Å²) in [6.45, 7) is 1.13. The molecule has 0 saturated carbocycles. The van der Waals surface area contributed by atoms with E-state index in [2.05, 4.69) is 53.4 Å². The van der Waals surface area contributed by atoms with Gasteiger partial charge in [-0.3, -0.25) is 4.79 Å². The number of hydrogen-bond donors (Lipinski definition) is 0. The van der Waals surface area contributed by atoms with Gasteiger partial charge < -0.3 is 14.4 Å². The van der Waals surface area contributed by atoms with Gasteiger partial charge >= 0.3 is 0 Å². The molecule has 2 aromatic rings. The number of rotatable bonds is 3. The predicted octanol–water partition coefficient (Wildman–Crippen LogP) is 4.74. The molecule has 4 aliphatic heterocycles. The molecule has 1 spiro atoms. The Kier molecular flexibility index (Phi) is 3.95. The maximum atomic E-state index is 13.2. The second kappa shape index (κ2) is 6.56. The van der Waals surface area contributed by atoms with Crippen molar-refractivity contribution in [2.45, 2.75) is 41.4 Å². The third-order valence-electron chi connectivity index (χ3n) is 6.77. The normalized spacial score (nSPS) is 29.6. The molecule has 0 radical (unpaired) electrons.